The van der Waals surface area contributed by atoms with Crippen LogP contribution in [0, 0.1) is 6.92 Å². The molecule has 2 rings (SSSR count). The number of aromatic nitrogens is 3. The first kappa shape index (κ1) is 12.1. The predicted octanol–water partition coefficient (Wildman–Crippen LogP) is 0.205. The van der Waals surface area contributed by atoms with Crippen molar-refractivity contribution < 1.29 is 22.7 Å². The van der Waals surface area contributed by atoms with Gasteiger partial charge in [0.25, 0.3) is 10.0 Å². The molecule has 0 aromatic carbocycles. The smallest absolute Gasteiger partial charge is 0.352 e. The summed E-state index contributed by atoms with van der Waals surface area (Å²) in [4.78, 5) is 12.7. The molecule has 0 bridgehead atoms. The van der Waals surface area contributed by atoms with E-state index in [4.69, 9.17) is 9.52 Å². The summed E-state index contributed by atoms with van der Waals surface area (Å²) < 4.78 is 30.5. The number of aromatic carboxylic acids is 1. The Hall–Kier alpha value is -2.36. The number of aryl methyl sites for hydroxylation is 1. The average Bonchev–Trinajstić information content (AvgIpc) is 2.86. The summed E-state index contributed by atoms with van der Waals surface area (Å²) in [5.41, 5.74) is -0.239. The van der Waals surface area contributed by atoms with Crippen molar-refractivity contribution in [3.05, 3.63) is 23.8 Å². The van der Waals surface area contributed by atoms with Crippen LogP contribution < -0.4 is 4.72 Å². The van der Waals surface area contributed by atoms with Gasteiger partial charge >= 0.3 is 12.0 Å². The van der Waals surface area contributed by atoms with Crippen LogP contribution in [-0.4, -0.2) is 34.7 Å². The fourth-order valence-corrected chi connectivity index (χ4v) is 2.08. The highest BCUT2D eigenvalue weighted by atomic mass is 32.2. The monoisotopic (exact) mass is 272 g/mol. The largest absolute Gasteiger partial charge is 0.477 e. The van der Waals surface area contributed by atoms with Crippen LogP contribution in [0.15, 0.2) is 21.6 Å². The van der Waals surface area contributed by atoms with Gasteiger partial charge in [-0.2, -0.15) is 0 Å². The number of aromatic amines is 1. The second-order valence-electron chi connectivity index (χ2n) is 3.29. The van der Waals surface area contributed by atoms with Gasteiger partial charge in [0.15, 0.2) is 0 Å². The molecule has 2 aromatic heterocycles. The van der Waals surface area contributed by atoms with Gasteiger partial charge in [-0.3, -0.25) is 0 Å². The SMILES string of the molecule is Cc1nnc(NS(=O)(=O)c2c[nH]c(C(=O)O)c2)o1. The van der Waals surface area contributed by atoms with Gasteiger partial charge in [0.2, 0.25) is 5.89 Å². The first-order chi connectivity index (χ1) is 8.38. The molecule has 0 aliphatic carbocycles. The van der Waals surface area contributed by atoms with Gasteiger partial charge in [0.1, 0.15) is 10.6 Å². The lowest BCUT2D eigenvalue weighted by atomic mass is 10.4. The number of nitrogens with zero attached hydrogens (tertiary/aromatic N) is 2. The first-order valence-electron chi connectivity index (χ1n) is 4.63. The van der Waals surface area contributed by atoms with E-state index in [1.165, 1.54) is 6.92 Å². The van der Waals surface area contributed by atoms with Crippen LogP contribution in [0.3, 0.4) is 0 Å². The minimum absolute atomic E-state index is 0.202. The molecular weight excluding hydrogens is 264 g/mol. The fraction of sp³-hybridized carbons (Fsp3) is 0.125. The Bertz CT molecular complexity index is 686. The van der Waals surface area contributed by atoms with E-state index >= 15 is 0 Å². The highest BCUT2D eigenvalue weighted by Crippen LogP contribution is 2.15. The quantitative estimate of drug-likeness (QED) is 0.722. The number of nitrogens with one attached hydrogen (secondary N) is 2. The average molecular weight is 272 g/mol. The Morgan fingerprint density at radius 2 is 2.22 bits per heavy atom. The summed E-state index contributed by atoms with van der Waals surface area (Å²) in [6.07, 6.45) is 1.05. The van der Waals surface area contributed by atoms with Crippen molar-refractivity contribution in [2.45, 2.75) is 11.8 Å². The molecule has 18 heavy (non-hydrogen) atoms. The minimum Gasteiger partial charge on any atom is -0.477 e. The normalized spacial score (nSPS) is 11.4. The van der Waals surface area contributed by atoms with Crippen LogP contribution in [0.2, 0.25) is 0 Å². The van der Waals surface area contributed by atoms with Crippen LogP contribution in [0.5, 0.6) is 0 Å². The summed E-state index contributed by atoms with van der Waals surface area (Å²) in [6, 6.07) is 0.694. The predicted molar refractivity (Wildman–Crippen MR) is 57.6 cm³/mol. The lowest BCUT2D eigenvalue weighted by Crippen LogP contribution is -2.12. The van der Waals surface area contributed by atoms with Gasteiger partial charge in [0, 0.05) is 13.1 Å². The van der Waals surface area contributed by atoms with Crippen molar-refractivity contribution in [3.8, 4) is 0 Å². The molecule has 3 N–H and O–H groups in total. The second kappa shape index (κ2) is 4.14. The Morgan fingerprint density at radius 3 is 2.72 bits per heavy atom. The third-order valence-corrected chi connectivity index (χ3v) is 3.24. The number of anilines is 1. The third-order valence-electron chi connectivity index (χ3n) is 1.94. The van der Waals surface area contributed by atoms with E-state index in [9.17, 15) is 13.2 Å². The summed E-state index contributed by atoms with van der Waals surface area (Å²) in [6.45, 7) is 1.50. The molecule has 0 fully saturated rings. The number of sulfonamides is 1. The van der Waals surface area contributed by atoms with E-state index in [1.54, 1.807) is 0 Å². The van der Waals surface area contributed by atoms with E-state index in [1.807, 2.05) is 4.72 Å². The molecule has 0 aliphatic heterocycles. The fourth-order valence-electron chi connectivity index (χ4n) is 1.16. The van der Waals surface area contributed by atoms with E-state index in [0.717, 1.165) is 12.3 Å². The topological polar surface area (TPSA) is 138 Å². The van der Waals surface area contributed by atoms with Gasteiger partial charge in [-0.05, 0) is 6.07 Å². The first-order valence-corrected chi connectivity index (χ1v) is 6.11. The van der Waals surface area contributed by atoms with Crippen LogP contribution in [-0.2, 0) is 10.0 Å². The van der Waals surface area contributed by atoms with Gasteiger partial charge in [-0.25, -0.2) is 17.9 Å². The van der Waals surface area contributed by atoms with Crippen LogP contribution >= 0.6 is 0 Å². The summed E-state index contributed by atoms with van der Waals surface area (Å²) in [7, 11) is -3.95. The number of carboxylic acids is 1. The maximum Gasteiger partial charge on any atom is 0.352 e. The molecule has 0 aliphatic rings. The van der Waals surface area contributed by atoms with Gasteiger partial charge in [0.05, 0.1) is 0 Å². The molecule has 2 aromatic rings. The molecule has 0 spiro atoms. The van der Waals surface area contributed by atoms with Crippen molar-refractivity contribution in [3.63, 3.8) is 0 Å². The van der Waals surface area contributed by atoms with Crippen molar-refractivity contribution in [2.24, 2.45) is 0 Å². The zero-order chi connectivity index (χ0) is 13.3. The highest BCUT2D eigenvalue weighted by Gasteiger charge is 2.20. The highest BCUT2D eigenvalue weighted by molar-refractivity contribution is 7.92. The minimum atomic E-state index is -3.95. The van der Waals surface area contributed by atoms with Gasteiger partial charge in [-0.1, -0.05) is 5.10 Å². The Labute approximate surface area is 101 Å². The second-order valence-corrected chi connectivity index (χ2v) is 4.97. The standard InChI is InChI=1S/C8H8N4O5S/c1-4-10-11-8(17-4)12-18(15,16)5-2-6(7(13)14)9-3-5/h2-3,9H,1H3,(H,11,12)(H,13,14). The molecule has 2 heterocycles. The number of carboxylic acid groups (broad SMARTS) is 1. The molecular formula is C8H8N4O5S. The van der Waals surface area contributed by atoms with Crippen molar-refractivity contribution >= 4 is 22.0 Å². The number of carbonyl (C=O) groups is 1. The van der Waals surface area contributed by atoms with Crippen molar-refractivity contribution in [2.75, 3.05) is 4.72 Å². The summed E-state index contributed by atoms with van der Waals surface area (Å²) >= 11 is 0. The lowest BCUT2D eigenvalue weighted by Gasteiger charge is -1.99. The molecule has 96 valence electrons. The Balaban J connectivity index is 2.27. The number of rotatable bonds is 4. The van der Waals surface area contributed by atoms with Crippen LogP contribution in [0.1, 0.15) is 16.4 Å². The number of hydrogen-bond donors (Lipinski definition) is 3. The van der Waals surface area contributed by atoms with Crippen LogP contribution in [0.4, 0.5) is 6.01 Å². The Morgan fingerprint density at radius 1 is 1.50 bits per heavy atom. The molecule has 0 unspecified atom stereocenters. The summed E-state index contributed by atoms with van der Waals surface area (Å²) in [5.74, 6) is -1.06. The molecule has 0 saturated carbocycles. The van der Waals surface area contributed by atoms with E-state index in [0.29, 0.717) is 0 Å². The molecule has 10 heteroatoms. The number of H-pyrrole nitrogens is 1. The number of hydrogen-bond acceptors (Lipinski definition) is 6. The summed E-state index contributed by atoms with van der Waals surface area (Å²) in [5, 5.41) is 15.6. The van der Waals surface area contributed by atoms with E-state index in [2.05, 4.69) is 15.2 Å². The molecule has 0 saturated heterocycles. The van der Waals surface area contributed by atoms with Crippen molar-refractivity contribution in [1.82, 2.24) is 15.2 Å². The van der Waals surface area contributed by atoms with E-state index < -0.39 is 16.0 Å². The molecule has 9 nitrogen and oxygen atoms in total. The van der Waals surface area contributed by atoms with E-state index in [-0.39, 0.29) is 22.5 Å². The lowest BCUT2D eigenvalue weighted by molar-refractivity contribution is 0.0691. The zero-order valence-corrected chi connectivity index (χ0v) is 9.85. The third kappa shape index (κ3) is 2.32. The Kier molecular flexibility index (Phi) is 2.79. The molecule has 0 atom stereocenters. The van der Waals surface area contributed by atoms with Gasteiger partial charge < -0.3 is 14.5 Å². The molecule has 0 radical (unpaired) electrons. The van der Waals surface area contributed by atoms with Crippen LogP contribution in [0.25, 0.3) is 0 Å². The molecule has 0 amide bonds. The zero-order valence-electron chi connectivity index (χ0n) is 9.04. The van der Waals surface area contributed by atoms with Gasteiger partial charge in [-0.15, -0.1) is 5.10 Å². The van der Waals surface area contributed by atoms with Crippen molar-refractivity contribution in [1.29, 1.82) is 0 Å². The maximum absolute atomic E-state index is 11.8. The maximum atomic E-state index is 11.8.